The molecule has 10 amide bonds. The van der Waals surface area contributed by atoms with E-state index in [0.29, 0.717) is 134 Å². The highest BCUT2D eigenvalue weighted by Gasteiger charge is 2.59. The Kier molecular flexibility index (Phi) is 32.3. The Morgan fingerprint density at radius 2 is 0.521 bits per heavy atom. The van der Waals surface area contributed by atoms with Gasteiger partial charge >= 0.3 is 23.7 Å². The molecule has 8 unspecified atom stereocenters. The number of Topliss-reactive ketones (excluding diaryl/α,β-unsaturated/α-hetero) is 2. The highest BCUT2D eigenvalue weighted by atomic mass is 19.3. The minimum atomic E-state index is -4.22. The molecule has 0 aromatic heterocycles. The second-order valence-corrected chi connectivity index (χ2v) is 38.7. The largest absolute Gasteiger partial charge is 0.356 e. The number of hydrogen-bond acceptors (Lipinski definition) is 12. The maximum Gasteiger partial charge on any atom is 0.352 e. The van der Waals surface area contributed by atoms with Gasteiger partial charge in [0.2, 0.25) is 11.8 Å². The molecule has 17 rings (SSSR count). The van der Waals surface area contributed by atoms with Crippen molar-refractivity contribution in [3.05, 3.63) is 259 Å². The smallest absolute Gasteiger partial charge is 0.352 e. The summed E-state index contributed by atoms with van der Waals surface area (Å²) in [5.74, 6) is -34.6. The lowest BCUT2D eigenvalue weighted by atomic mass is 9.87. The standard InChI is InChI=1S/C29H31F4N3O3.C27H29F4N3O3.2C25H24F4N2O3/c1-17-13-20(6-10-24(17)30)34-26(37)18-5-9-25(31)23(16-18)29(32,33)28(39)36-21-7-8-22(36)15-19(14-21)27(38)35-11-3-2-4-12-35;1-3-10-32-24(35)17-12-19-6-7-20(13-17)34(19)26(37)27(30,31)21-14-16(4-8-23(21)29)25(36)33-18-5-9-22(28)15(2)11-18;2*1-13-9-17(4-8-21(13)26)30-23(33)15-3-7-22(27)20(12-15)25(28,29)24(34)31-18-5-6-19(31)11-16(10-18)14(2)32/h5-6,9-10,13,16,19,21-22H,2-4,7-8,11-12,14-15H2,1H3,(H,34,37);4-5,8-9,11,14,17,19-20H,3,6-7,10,12-13H2,1-2H3,(H,32,35)(H,33,36);2*3-4,7-9,12,16,18-19H,5-6,10-11H2,1-2H3,(H,30,33)/t19?,21-,22?;17?,19-,20?;2*16?,18-,19?/m1111/s1. The number of likely N-dealkylation sites (tertiary alicyclic amines) is 1. The Bertz CT molecular complexity index is 6100. The summed E-state index contributed by atoms with van der Waals surface area (Å²) in [7, 11) is 0. The number of nitrogens with one attached hydrogen (secondary N) is 5. The van der Waals surface area contributed by atoms with Crippen LogP contribution in [0.1, 0.15) is 235 Å². The molecular formula is C106H108F16N10O12. The van der Waals surface area contributed by atoms with E-state index in [-0.39, 0.29) is 127 Å². The minimum absolute atomic E-state index is 0.0307. The van der Waals surface area contributed by atoms with Crippen molar-refractivity contribution in [1.82, 2.24) is 29.8 Å². The van der Waals surface area contributed by atoms with Crippen molar-refractivity contribution >= 4 is 93.4 Å². The van der Waals surface area contributed by atoms with Gasteiger partial charge in [-0.05, 0) is 338 Å². The molecule has 0 aliphatic carbocycles. The predicted octanol–water partition coefficient (Wildman–Crippen LogP) is 20.3. The van der Waals surface area contributed by atoms with E-state index < -0.39 is 188 Å². The summed E-state index contributed by atoms with van der Waals surface area (Å²) < 4.78 is 236. The molecule has 22 nitrogen and oxygen atoms in total. The van der Waals surface area contributed by atoms with Crippen LogP contribution in [0.5, 0.6) is 0 Å². The fraction of sp³-hybridized carbons (Fsp3) is 0.434. The van der Waals surface area contributed by atoms with Crippen LogP contribution in [0.4, 0.5) is 93.0 Å². The third-order valence-electron chi connectivity index (χ3n) is 29.0. The topological polar surface area (TPSA) is 281 Å². The van der Waals surface area contributed by atoms with Gasteiger partial charge in [-0.25, -0.2) is 35.1 Å². The molecule has 9 aliphatic rings. The number of aryl methyl sites for hydroxylation is 4. The molecule has 12 atom stereocenters. The average molecular weight is 2020 g/mol. The number of benzene rings is 8. The Balaban J connectivity index is 0.000000152. The van der Waals surface area contributed by atoms with Crippen LogP contribution in [0.2, 0.25) is 0 Å². The van der Waals surface area contributed by atoms with Gasteiger partial charge in [0.05, 0.1) is 22.3 Å². The van der Waals surface area contributed by atoms with Gasteiger partial charge in [0, 0.05) is 137 Å². The zero-order valence-electron chi connectivity index (χ0n) is 79.7. The van der Waals surface area contributed by atoms with E-state index in [1.807, 2.05) is 11.8 Å². The number of rotatable bonds is 22. The van der Waals surface area contributed by atoms with Crippen LogP contribution in [-0.4, -0.2) is 163 Å². The van der Waals surface area contributed by atoms with Crippen molar-refractivity contribution in [2.45, 2.75) is 249 Å². The molecule has 8 bridgehead atoms. The zero-order chi connectivity index (χ0) is 104. The molecule has 0 spiro atoms. The van der Waals surface area contributed by atoms with Gasteiger partial charge in [-0.3, -0.25) is 57.5 Å². The predicted molar refractivity (Wildman–Crippen MR) is 498 cm³/mol. The summed E-state index contributed by atoms with van der Waals surface area (Å²) in [5.41, 5.74) is -3.78. The summed E-state index contributed by atoms with van der Waals surface area (Å²) in [4.78, 5) is 158. The Morgan fingerprint density at radius 1 is 0.299 bits per heavy atom. The van der Waals surface area contributed by atoms with Crippen molar-refractivity contribution in [3.8, 4) is 0 Å². The van der Waals surface area contributed by atoms with Gasteiger partial charge in [-0.15, -0.1) is 0 Å². The third-order valence-corrected chi connectivity index (χ3v) is 29.0. The molecule has 0 radical (unpaired) electrons. The van der Waals surface area contributed by atoms with E-state index in [4.69, 9.17) is 0 Å². The Morgan fingerprint density at radius 3 is 0.743 bits per heavy atom. The van der Waals surface area contributed by atoms with Gasteiger partial charge < -0.3 is 51.1 Å². The third kappa shape index (κ3) is 22.9. The summed E-state index contributed by atoms with van der Waals surface area (Å²) in [6.07, 6.45) is 10.3. The number of fused-ring (bicyclic) bond motifs is 8. The summed E-state index contributed by atoms with van der Waals surface area (Å²) in [6.45, 7) is 12.8. The fourth-order valence-electron chi connectivity index (χ4n) is 21.3. The number of hydrogen-bond donors (Lipinski definition) is 5. The molecule has 5 N–H and O–H groups in total. The number of alkyl halides is 8. The van der Waals surface area contributed by atoms with Crippen molar-refractivity contribution < 1.29 is 128 Å². The number of amides is 10. The first kappa shape index (κ1) is 106. The number of carbonyl (C=O) groups is 12. The number of piperidine rings is 5. The van der Waals surface area contributed by atoms with Crippen LogP contribution in [0.3, 0.4) is 0 Å². The molecule has 766 valence electrons. The van der Waals surface area contributed by atoms with Crippen molar-refractivity contribution in [3.63, 3.8) is 0 Å². The van der Waals surface area contributed by atoms with E-state index in [2.05, 4.69) is 26.6 Å². The van der Waals surface area contributed by atoms with Gasteiger partial charge in [0.25, 0.3) is 47.3 Å². The highest BCUT2D eigenvalue weighted by molar-refractivity contribution is 6.07. The van der Waals surface area contributed by atoms with E-state index in [1.165, 1.54) is 90.1 Å². The zero-order valence-corrected chi connectivity index (χ0v) is 79.7. The Hall–Kier alpha value is -13.3. The molecule has 9 aliphatic heterocycles. The van der Waals surface area contributed by atoms with Gasteiger partial charge in [-0.2, -0.15) is 35.1 Å². The number of carbonyl (C=O) groups excluding carboxylic acids is 12. The molecule has 9 heterocycles. The molecule has 8 aromatic rings. The lowest BCUT2D eigenvalue weighted by Gasteiger charge is -2.41. The van der Waals surface area contributed by atoms with Gasteiger partial charge in [0.1, 0.15) is 58.1 Å². The second-order valence-electron chi connectivity index (χ2n) is 38.7. The molecule has 0 saturated carbocycles. The fourth-order valence-corrected chi connectivity index (χ4v) is 21.3. The van der Waals surface area contributed by atoms with Gasteiger partial charge in [0.15, 0.2) is 0 Å². The van der Waals surface area contributed by atoms with E-state index in [0.717, 1.165) is 118 Å². The van der Waals surface area contributed by atoms with Crippen molar-refractivity contribution in [2.24, 2.45) is 23.7 Å². The van der Waals surface area contributed by atoms with E-state index >= 15 is 35.1 Å². The first-order valence-electron chi connectivity index (χ1n) is 48.0. The lowest BCUT2D eigenvalue weighted by Crippen LogP contribution is -2.54. The second kappa shape index (κ2) is 43.7. The summed E-state index contributed by atoms with van der Waals surface area (Å²) >= 11 is 0. The van der Waals surface area contributed by atoms with Crippen molar-refractivity contribution in [1.29, 1.82) is 0 Å². The molecule has 144 heavy (non-hydrogen) atoms. The molecule has 8 aromatic carbocycles. The number of ketones is 2. The Labute approximate surface area is 819 Å². The SMILES string of the molecule is CC(=O)C1CC2CC[C@H](C1)N2C(=O)C(F)(F)c1cc(C(=O)Nc2ccc(F)c(C)c2)ccc1F.CC(=O)C1CC2CC[C@H](C1)N2C(=O)C(F)(F)c1cc(C(=O)Nc2ccc(F)c(C)c2)ccc1F.CCCNC(=O)C1CC2CC[C@H](C1)N2C(=O)C(F)(F)c1cc(C(=O)Nc2ccc(F)c(C)c2)ccc1F.Cc1cc(NC(=O)c2ccc(F)c(C(F)(F)C(=O)N3C4CC[C@@H]3CC(C(=O)N3CCCCC3)C4)c2)ccc1F. The first-order chi connectivity index (χ1) is 68.0. The maximum absolute atomic E-state index is 15.6. The molecule has 9 fully saturated rings. The average Bonchev–Trinajstić information content (AvgIpc) is 1.55. The molecule has 9 saturated heterocycles. The normalized spacial score (nSPS) is 22.0. The summed E-state index contributed by atoms with van der Waals surface area (Å²) in [6, 6.07) is 21.0. The van der Waals surface area contributed by atoms with E-state index in [1.54, 1.807) is 0 Å². The number of nitrogens with zero attached hydrogens (tertiary/aromatic N) is 5. The van der Waals surface area contributed by atoms with Crippen LogP contribution in [0, 0.1) is 97.9 Å². The molecular weight excluding hydrogens is 1910 g/mol. The minimum Gasteiger partial charge on any atom is -0.356 e. The van der Waals surface area contributed by atoms with Crippen LogP contribution >= 0.6 is 0 Å². The van der Waals surface area contributed by atoms with Crippen LogP contribution in [0.15, 0.2) is 146 Å². The van der Waals surface area contributed by atoms with Crippen LogP contribution < -0.4 is 26.6 Å². The van der Waals surface area contributed by atoms with Crippen LogP contribution in [-0.2, 0) is 62.0 Å². The maximum atomic E-state index is 15.6. The highest BCUT2D eigenvalue weighted by Crippen LogP contribution is 2.50. The van der Waals surface area contributed by atoms with E-state index in [9.17, 15) is 92.7 Å². The number of halogens is 16. The monoisotopic (exact) mass is 2020 g/mol. The number of anilines is 4. The lowest BCUT2D eigenvalue weighted by molar-refractivity contribution is -0.166. The molecule has 38 heteroatoms. The van der Waals surface area contributed by atoms with Crippen molar-refractivity contribution in [2.75, 3.05) is 40.9 Å². The quantitative estimate of drug-likeness (QED) is 0.0396. The van der Waals surface area contributed by atoms with Crippen LogP contribution in [0.25, 0.3) is 0 Å². The summed E-state index contributed by atoms with van der Waals surface area (Å²) in [5, 5.41) is 12.7. The van der Waals surface area contributed by atoms with Gasteiger partial charge in [-0.1, -0.05) is 6.92 Å². The first-order valence-corrected chi connectivity index (χ1v) is 48.0.